The molecule has 1 aromatic carbocycles. The Labute approximate surface area is 156 Å². The van der Waals surface area contributed by atoms with Crippen LogP contribution in [-0.2, 0) is 16.0 Å². The van der Waals surface area contributed by atoms with Gasteiger partial charge in [0.15, 0.2) is 5.16 Å². The van der Waals surface area contributed by atoms with Crippen LogP contribution in [0.15, 0.2) is 40.3 Å². The van der Waals surface area contributed by atoms with E-state index >= 15 is 0 Å². The van der Waals surface area contributed by atoms with Gasteiger partial charge in [-0.25, -0.2) is 9.78 Å². The number of thioether (sulfide) groups is 1. The topological polar surface area (TPSA) is 70.4 Å². The second-order valence-electron chi connectivity index (χ2n) is 6.41. The van der Waals surface area contributed by atoms with Crippen molar-refractivity contribution in [1.82, 2.24) is 9.55 Å². The van der Waals surface area contributed by atoms with Crippen molar-refractivity contribution >= 4 is 28.6 Å². The first-order valence-electron chi connectivity index (χ1n) is 8.51. The number of hydrogen-bond acceptors (Lipinski definition) is 6. The van der Waals surface area contributed by atoms with Gasteiger partial charge >= 0.3 is 5.97 Å². The number of rotatable bonds is 6. The minimum atomic E-state index is -0.451. The third-order valence-corrected chi connectivity index (χ3v) is 5.41. The molecule has 0 saturated carbocycles. The summed E-state index contributed by atoms with van der Waals surface area (Å²) in [5.41, 5.74) is 1.74. The highest BCUT2D eigenvalue weighted by molar-refractivity contribution is 7.99. The Morgan fingerprint density at radius 1 is 1.50 bits per heavy atom. The Morgan fingerprint density at radius 3 is 2.96 bits per heavy atom. The molecule has 1 aliphatic heterocycles. The molecule has 0 N–H and O–H groups in total. The maximum absolute atomic E-state index is 13.0. The van der Waals surface area contributed by atoms with Crippen LogP contribution in [0.2, 0.25) is 0 Å². The van der Waals surface area contributed by atoms with Crippen molar-refractivity contribution in [2.45, 2.75) is 37.6 Å². The molecule has 0 spiro atoms. The van der Waals surface area contributed by atoms with Gasteiger partial charge in [-0.3, -0.25) is 9.36 Å². The number of fused-ring (bicyclic) bond motifs is 1. The summed E-state index contributed by atoms with van der Waals surface area (Å²) in [6, 6.07) is 4.83. The highest BCUT2D eigenvalue weighted by atomic mass is 32.2. The molecule has 26 heavy (non-hydrogen) atoms. The van der Waals surface area contributed by atoms with Crippen molar-refractivity contribution in [3.8, 4) is 0 Å². The van der Waals surface area contributed by atoms with Crippen molar-refractivity contribution in [2.75, 3.05) is 19.5 Å². The molecule has 2 heterocycles. The molecule has 2 aromatic rings. The minimum Gasteiger partial charge on any atom is -0.465 e. The van der Waals surface area contributed by atoms with Gasteiger partial charge in [-0.2, -0.15) is 0 Å². The Morgan fingerprint density at radius 2 is 2.31 bits per heavy atom. The van der Waals surface area contributed by atoms with Crippen molar-refractivity contribution in [3.05, 3.63) is 46.3 Å². The monoisotopic (exact) mass is 374 g/mol. The van der Waals surface area contributed by atoms with E-state index in [2.05, 4.69) is 11.6 Å². The molecule has 0 amide bonds. The Hall–Kier alpha value is -2.12. The molecule has 6 nitrogen and oxygen atoms in total. The van der Waals surface area contributed by atoms with Crippen LogP contribution in [0.1, 0.15) is 30.1 Å². The number of ether oxygens (including phenoxy) is 2. The SMILES string of the molecule is C=C(C)CSc1nc2cc(C(=O)OC)ccc2c(=O)n1C[C@@H]1CCCO1. The number of methoxy groups -OCH3 is 1. The number of nitrogens with zero attached hydrogens (tertiary/aromatic N) is 2. The third-order valence-electron chi connectivity index (χ3n) is 4.20. The van der Waals surface area contributed by atoms with Gasteiger partial charge < -0.3 is 9.47 Å². The molecule has 1 aromatic heterocycles. The van der Waals surface area contributed by atoms with E-state index in [1.54, 1.807) is 22.8 Å². The van der Waals surface area contributed by atoms with Gasteiger partial charge in [0, 0.05) is 12.4 Å². The number of esters is 1. The number of benzene rings is 1. The predicted octanol–water partition coefficient (Wildman–Crippen LogP) is 3.03. The average Bonchev–Trinajstić information content (AvgIpc) is 3.14. The first kappa shape index (κ1) is 18.7. The van der Waals surface area contributed by atoms with Crippen molar-refractivity contribution in [1.29, 1.82) is 0 Å². The van der Waals surface area contributed by atoms with Crippen LogP contribution in [0, 0.1) is 0 Å². The zero-order chi connectivity index (χ0) is 18.7. The summed E-state index contributed by atoms with van der Waals surface area (Å²) in [5, 5.41) is 1.10. The second-order valence-corrected chi connectivity index (χ2v) is 7.36. The maximum atomic E-state index is 13.0. The molecule has 0 unspecified atom stereocenters. The summed E-state index contributed by atoms with van der Waals surface area (Å²) >= 11 is 1.47. The van der Waals surface area contributed by atoms with Gasteiger partial charge in [-0.1, -0.05) is 23.9 Å². The fraction of sp³-hybridized carbons (Fsp3) is 0.421. The molecule has 1 atom stereocenters. The standard InChI is InChI=1S/C19H22N2O4S/c1-12(2)11-26-19-20-16-9-13(18(23)24-3)6-7-15(16)17(22)21(19)10-14-5-4-8-25-14/h6-7,9,14H,1,4-5,8,10-11H2,2-3H3/t14-/m0/s1. The smallest absolute Gasteiger partial charge is 0.337 e. The van der Waals surface area contributed by atoms with E-state index in [0.717, 1.165) is 25.0 Å². The van der Waals surface area contributed by atoms with Crippen LogP contribution in [0.3, 0.4) is 0 Å². The number of carbonyl (C=O) groups excluding carboxylic acids is 1. The lowest BCUT2D eigenvalue weighted by atomic mass is 10.1. The van der Waals surface area contributed by atoms with Crippen molar-refractivity contribution in [3.63, 3.8) is 0 Å². The van der Waals surface area contributed by atoms with Gasteiger partial charge in [-0.15, -0.1) is 0 Å². The normalized spacial score (nSPS) is 16.8. The van der Waals surface area contributed by atoms with Crippen LogP contribution in [0.5, 0.6) is 0 Å². The van der Waals surface area contributed by atoms with Crippen LogP contribution in [0.25, 0.3) is 10.9 Å². The molecule has 0 radical (unpaired) electrons. The van der Waals surface area contributed by atoms with Crippen molar-refractivity contribution < 1.29 is 14.3 Å². The van der Waals surface area contributed by atoms with Gasteiger partial charge in [0.25, 0.3) is 5.56 Å². The van der Waals surface area contributed by atoms with Gasteiger partial charge in [0.2, 0.25) is 0 Å². The number of hydrogen-bond donors (Lipinski definition) is 0. The van der Waals surface area contributed by atoms with E-state index in [1.165, 1.54) is 18.9 Å². The summed E-state index contributed by atoms with van der Waals surface area (Å²) in [7, 11) is 1.33. The highest BCUT2D eigenvalue weighted by Crippen LogP contribution is 2.23. The molecule has 0 bridgehead atoms. The van der Waals surface area contributed by atoms with Crippen LogP contribution < -0.4 is 5.56 Å². The van der Waals surface area contributed by atoms with E-state index in [-0.39, 0.29) is 11.7 Å². The Bertz CT molecular complexity index is 900. The molecular weight excluding hydrogens is 352 g/mol. The summed E-state index contributed by atoms with van der Waals surface area (Å²) in [6.45, 7) is 7.07. The highest BCUT2D eigenvalue weighted by Gasteiger charge is 2.20. The lowest BCUT2D eigenvalue weighted by Gasteiger charge is -2.16. The largest absolute Gasteiger partial charge is 0.465 e. The van der Waals surface area contributed by atoms with Crippen LogP contribution in [-0.4, -0.2) is 41.1 Å². The van der Waals surface area contributed by atoms with Gasteiger partial charge in [-0.05, 0) is 38.0 Å². The third kappa shape index (κ3) is 3.99. The zero-order valence-corrected chi connectivity index (χ0v) is 15.8. The van der Waals surface area contributed by atoms with E-state index in [1.807, 2.05) is 6.92 Å². The predicted molar refractivity (Wildman–Crippen MR) is 102 cm³/mol. The molecule has 1 fully saturated rings. The van der Waals surface area contributed by atoms with Gasteiger partial charge in [0.1, 0.15) is 0 Å². The zero-order valence-electron chi connectivity index (χ0n) is 15.0. The molecule has 1 aliphatic rings. The first-order chi connectivity index (χ1) is 12.5. The van der Waals surface area contributed by atoms with Crippen molar-refractivity contribution in [2.24, 2.45) is 0 Å². The van der Waals surface area contributed by atoms with E-state index < -0.39 is 5.97 Å². The molecule has 7 heteroatoms. The van der Waals surface area contributed by atoms with E-state index in [9.17, 15) is 9.59 Å². The fourth-order valence-corrected chi connectivity index (χ4v) is 3.75. The molecule has 3 rings (SSSR count). The lowest BCUT2D eigenvalue weighted by Crippen LogP contribution is -2.29. The molecule has 0 aliphatic carbocycles. The number of carbonyl (C=O) groups is 1. The molecule has 138 valence electrons. The summed E-state index contributed by atoms with van der Waals surface area (Å²) in [5.74, 6) is 0.216. The molecule has 1 saturated heterocycles. The maximum Gasteiger partial charge on any atom is 0.337 e. The van der Waals surface area contributed by atoms with Crippen LogP contribution >= 0.6 is 11.8 Å². The van der Waals surface area contributed by atoms with E-state index in [0.29, 0.717) is 33.9 Å². The summed E-state index contributed by atoms with van der Waals surface area (Å²) in [4.78, 5) is 29.5. The first-order valence-corrected chi connectivity index (χ1v) is 9.50. The fourth-order valence-electron chi connectivity index (χ4n) is 2.90. The average molecular weight is 374 g/mol. The van der Waals surface area contributed by atoms with E-state index in [4.69, 9.17) is 9.47 Å². The minimum absolute atomic E-state index is 0.0328. The van der Waals surface area contributed by atoms with Crippen LogP contribution in [0.4, 0.5) is 0 Å². The summed E-state index contributed by atoms with van der Waals surface area (Å²) < 4.78 is 12.1. The molecular formula is C19H22N2O4S. The number of aromatic nitrogens is 2. The lowest BCUT2D eigenvalue weighted by molar-refractivity contribution is 0.0601. The second kappa shape index (κ2) is 8.05. The quantitative estimate of drug-likeness (QED) is 0.335. The summed E-state index contributed by atoms with van der Waals surface area (Å²) in [6.07, 6.45) is 1.98. The Kier molecular flexibility index (Phi) is 5.78. The van der Waals surface area contributed by atoms with Gasteiger partial charge in [0.05, 0.1) is 36.2 Å². The Balaban J connectivity index is 2.08.